The number of aliphatic carboxylic acids is 1. The van der Waals surface area contributed by atoms with Gasteiger partial charge in [0.25, 0.3) is 5.91 Å². The number of fused-ring (bicyclic) bond motifs is 1. The number of imidazole rings is 1. The zero-order chi connectivity index (χ0) is 15.0. The number of aryl methyl sites for hydroxylation is 1. The van der Waals surface area contributed by atoms with E-state index in [1.165, 1.54) is 4.90 Å². The largest absolute Gasteiger partial charge is 0.480 e. The molecular weight excluding hydrogens is 270 g/mol. The molecular formula is C15H15N3O3. The predicted molar refractivity (Wildman–Crippen MR) is 74.8 cm³/mol. The van der Waals surface area contributed by atoms with E-state index in [0.29, 0.717) is 6.42 Å². The van der Waals surface area contributed by atoms with Crippen molar-refractivity contribution < 1.29 is 14.7 Å². The molecule has 1 atom stereocenters. The molecule has 0 saturated heterocycles. The summed E-state index contributed by atoms with van der Waals surface area (Å²) in [5.41, 5.74) is 2.72. The van der Waals surface area contributed by atoms with Gasteiger partial charge in [-0.3, -0.25) is 4.79 Å². The summed E-state index contributed by atoms with van der Waals surface area (Å²) in [4.78, 5) is 32.2. The zero-order valence-corrected chi connectivity index (χ0v) is 11.5. The molecule has 0 radical (unpaired) electrons. The van der Waals surface area contributed by atoms with Gasteiger partial charge < -0.3 is 15.0 Å². The Kier molecular flexibility index (Phi) is 3.21. The Bertz CT molecular complexity index is 708. The molecule has 6 heteroatoms. The quantitative estimate of drug-likeness (QED) is 0.872. The van der Waals surface area contributed by atoms with Gasteiger partial charge in [-0.25, -0.2) is 9.78 Å². The van der Waals surface area contributed by atoms with E-state index >= 15 is 0 Å². The first-order chi connectivity index (χ1) is 10.1. The minimum atomic E-state index is -0.999. The number of amides is 1. The number of nitrogens with zero attached hydrogens (tertiary/aromatic N) is 2. The third-order valence-corrected chi connectivity index (χ3v) is 3.70. The van der Waals surface area contributed by atoms with E-state index < -0.39 is 12.0 Å². The Morgan fingerprint density at radius 3 is 2.67 bits per heavy atom. The van der Waals surface area contributed by atoms with E-state index in [-0.39, 0.29) is 18.3 Å². The number of carbonyl (C=O) groups is 2. The number of aromatic nitrogens is 2. The van der Waals surface area contributed by atoms with Crippen LogP contribution in [0.2, 0.25) is 0 Å². The van der Waals surface area contributed by atoms with E-state index in [9.17, 15) is 14.7 Å². The van der Waals surface area contributed by atoms with Crippen LogP contribution < -0.4 is 0 Å². The van der Waals surface area contributed by atoms with Crippen molar-refractivity contribution in [3.8, 4) is 0 Å². The van der Waals surface area contributed by atoms with Crippen LogP contribution >= 0.6 is 0 Å². The lowest BCUT2D eigenvalue weighted by Crippen LogP contribution is -2.48. The van der Waals surface area contributed by atoms with Crippen LogP contribution in [0.25, 0.3) is 0 Å². The molecule has 0 saturated carbocycles. The van der Waals surface area contributed by atoms with Gasteiger partial charge in [0.05, 0.1) is 0 Å². The molecule has 1 aliphatic rings. The van der Waals surface area contributed by atoms with Gasteiger partial charge >= 0.3 is 5.97 Å². The Labute approximate surface area is 121 Å². The highest BCUT2D eigenvalue weighted by atomic mass is 16.4. The van der Waals surface area contributed by atoms with E-state index in [1.54, 1.807) is 13.1 Å². The summed E-state index contributed by atoms with van der Waals surface area (Å²) in [6, 6.07) is 6.73. The number of hydrogen-bond acceptors (Lipinski definition) is 3. The fourth-order valence-corrected chi connectivity index (χ4v) is 2.61. The van der Waals surface area contributed by atoms with Crippen LogP contribution in [-0.2, 0) is 17.8 Å². The summed E-state index contributed by atoms with van der Waals surface area (Å²) >= 11 is 0. The van der Waals surface area contributed by atoms with Gasteiger partial charge in [0.15, 0.2) is 5.82 Å². The number of H-pyrrole nitrogens is 1. The van der Waals surface area contributed by atoms with E-state index in [1.807, 2.05) is 24.3 Å². The molecule has 1 aromatic carbocycles. The van der Waals surface area contributed by atoms with Crippen molar-refractivity contribution >= 4 is 11.9 Å². The maximum absolute atomic E-state index is 12.5. The molecule has 1 aliphatic heterocycles. The molecule has 2 N–H and O–H groups in total. The first kappa shape index (κ1) is 13.4. The van der Waals surface area contributed by atoms with Crippen LogP contribution in [0.15, 0.2) is 30.5 Å². The molecule has 6 nitrogen and oxygen atoms in total. The van der Waals surface area contributed by atoms with Gasteiger partial charge in [-0.05, 0) is 18.1 Å². The van der Waals surface area contributed by atoms with Gasteiger partial charge in [0, 0.05) is 24.9 Å². The van der Waals surface area contributed by atoms with Crippen molar-refractivity contribution in [2.75, 3.05) is 0 Å². The summed E-state index contributed by atoms with van der Waals surface area (Å²) in [6.07, 6.45) is 1.87. The smallest absolute Gasteiger partial charge is 0.326 e. The SMILES string of the molecule is Cc1cnc(C(=O)N2Cc3ccccc3C[C@@H]2C(=O)O)[nH]1. The summed E-state index contributed by atoms with van der Waals surface area (Å²) < 4.78 is 0. The Morgan fingerprint density at radius 2 is 2.05 bits per heavy atom. The van der Waals surface area contributed by atoms with E-state index in [4.69, 9.17) is 0 Å². The second kappa shape index (κ2) is 5.05. The molecule has 108 valence electrons. The van der Waals surface area contributed by atoms with Crippen molar-refractivity contribution in [1.82, 2.24) is 14.9 Å². The van der Waals surface area contributed by atoms with E-state index in [0.717, 1.165) is 16.8 Å². The number of nitrogens with one attached hydrogen (secondary N) is 1. The Morgan fingerprint density at radius 1 is 1.33 bits per heavy atom. The minimum absolute atomic E-state index is 0.179. The standard InChI is InChI=1S/C15H15N3O3/c1-9-7-16-13(17-9)14(19)18-8-11-5-3-2-4-10(11)6-12(18)15(20)21/h2-5,7,12H,6,8H2,1H3,(H,16,17)(H,20,21)/t12-/m1/s1. The first-order valence-electron chi connectivity index (χ1n) is 6.68. The average Bonchev–Trinajstić information content (AvgIpc) is 2.91. The predicted octanol–water partition coefficient (Wildman–Crippen LogP) is 1.37. The molecule has 1 aromatic heterocycles. The molecule has 0 fully saturated rings. The second-order valence-corrected chi connectivity index (χ2v) is 5.17. The lowest BCUT2D eigenvalue weighted by atomic mass is 9.94. The average molecular weight is 285 g/mol. The molecule has 0 aliphatic carbocycles. The number of carbonyl (C=O) groups excluding carboxylic acids is 1. The van der Waals surface area contributed by atoms with Gasteiger partial charge in [-0.2, -0.15) is 0 Å². The highest BCUT2D eigenvalue weighted by Gasteiger charge is 2.35. The summed E-state index contributed by atoms with van der Waals surface area (Å²) in [7, 11) is 0. The van der Waals surface area contributed by atoms with Gasteiger partial charge in [0.2, 0.25) is 0 Å². The van der Waals surface area contributed by atoms with Crippen molar-refractivity contribution in [1.29, 1.82) is 0 Å². The zero-order valence-electron chi connectivity index (χ0n) is 11.5. The topological polar surface area (TPSA) is 86.3 Å². The van der Waals surface area contributed by atoms with Crippen molar-refractivity contribution in [2.24, 2.45) is 0 Å². The molecule has 21 heavy (non-hydrogen) atoms. The van der Waals surface area contributed by atoms with Crippen LogP contribution in [-0.4, -0.2) is 37.9 Å². The second-order valence-electron chi connectivity index (χ2n) is 5.17. The third kappa shape index (κ3) is 2.40. The van der Waals surface area contributed by atoms with Crippen molar-refractivity contribution in [3.05, 3.63) is 53.1 Å². The maximum Gasteiger partial charge on any atom is 0.326 e. The van der Waals surface area contributed by atoms with E-state index in [2.05, 4.69) is 9.97 Å². The Balaban J connectivity index is 1.96. The van der Waals surface area contributed by atoms with Crippen LogP contribution in [0.3, 0.4) is 0 Å². The van der Waals surface area contributed by atoms with Crippen LogP contribution in [0.5, 0.6) is 0 Å². The van der Waals surface area contributed by atoms with Crippen LogP contribution in [0.4, 0.5) is 0 Å². The number of rotatable bonds is 2. The fraction of sp³-hybridized carbons (Fsp3) is 0.267. The number of carboxylic acid groups (broad SMARTS) is 1. The third-order valence-electron chi connectivity index (χ3n) is 3.70. The van der Waals surface area contributed by atoms with Crippen LogP contribution in [0.1, 0.15) is 27.4 Å². The molecule has 2 heterocycles. The highest BCUT2D eigenvalue weighted by molar-refractivity contribution is 5.94. The first-order valence-corrected chi connectivity index (χ1v) is 6.68. The van der Waals surface area contributed by atoms with Gasteiger partial charge in [-0.1, -0.05) is 24.3 Å². The summed E-state index contributed by atoms with van der Waals surface area (Å²) in [6.45, 7) is 2.08. The number of carboxylic acids is 1. The van der Waals surface area contributed by atoms with Crippen molar-refractivity contribution in [3.63, 3.8) is 0 Å². The minimum Gasteiger partial charge on any atom is -0.480 e. The lowest BCUT2D eigenvalue weighted by Gasteiger charge is -2.33. The maximum atomic E-state index is 12.5. The molecule has 0 spiro atoms. The Hall–Kier alpha value is -2.63. The molecule has 0 bridgehead atoms. The molecule has 1 amide bonds. The molecule has 0 unspecified atom stereocenters. The molecule has 2 aromatic rings. The van der Waals surface area contributed by atoms with Crippen LogP contribution in [0, 0.1) is 6.92 Å². The summed E-state index contributed by atoms with van der Waals surface area (Å²) in [5.74, 6) is -1.20. The number of aromatic amines is 1. The van der Waals surface area contributed by atoms with Gasteiger partial charge in [-0.15, -0.1) is 0 Å². The number of hydrogen-bond donors (Lipinski definition) is 2. The lowest BCUT2D eigenvalue weighted by molar-refractivity contribution is -0.142. The van der Waals surface area contributed by atoms with Gasteiger partial charge in [0.1, 0.15) is 6.04 Å². The molecule has 3 rings (SSSR count). The normalized spacial score (nSPS) is 17.4. The highest BCUT2D eigenvalue weighted by Crippen LogP contribution is 2.24. The number of benzene rings is 1. The summed E-state index contributed by atoms with van der Waals surface area (Å²) in [5, 5.41) is 9.41. The van der Waals surface area contributed by atoms with Crippen molar-refractivity contribution in [2.45, 2.75) is 25.9 Å². The fourth-order valence-electron chi connectivity index (χ4n) is 2.61. The monoisotopic (exact) mass is 285 g/mol.